The van der Waals surface area contributed by atoms with Gasteiger partial charge >= 0.3 is 6.01 Å². The fourth-order valence-electron chi connectivity index (χ4n) is 2.54. The summed E-state index contributed by atoms with van der Waals surface area (Å²) >= 11 is 0. The Bertz CT molecular complexity index is 787. The zero-order chi connectivity index (χ0) is 17.8. The molecule has 0 unspecified atom stereocenters. The molecule has 3 rings (SSSR count). The van der Waals surface area contributed by atoms with Gasteiger partial charge < -0.3 is 20.1 Å². The second kappa shape index (κ2) is 7.16. The van der Waals surface area contributed by atoms with Gasteiger partial charge in [-0.15, -0.1) is 0 Å². The van der Waals surface area contributed by atoms with Crippen molar-refractivity contribution >= 4 is 11.8 Å². The van der Waals surface area contributed by atoms with Crippen LogP contribution in [0.4, 0.5) is 0 Å². The number of ether oxygens (including phenoxy) is 2. The SMILES string of the molecule is COc1cc(-c2cccc(C(=O)N[C@H]3CCNC3=O)c2)nc(OC)n1. The van der Waals surface area contributed by atoms with E-state index in [4.69, 9.17) is 9.47 Å². The van der Waals surface area contributed by atoms with Gasteiger partial charge in [0.25, 0.3) is 5.91 Å². The van der Waals surface area contributed by atoms with Gasteiger partial charge in [0.05, 0.1) is 19.9 Å². The number of benzene rings is 1. The number of hydrogen-bond acceptors (Lipinski definition) is 6. The first kappa shape index (κ1) is 16.7. The molecular formula is C17H18N4O4. The molecule has 0 spiro atoms. The molecule has 1 aromatic heterocycles. The molecule has 25 heavy (non-hydrogen) atoms. The molecule has 8 nitrogen and oxygen atoms in total. The van der Waals surface area contributed by atoms with Gasteiger partial charge in [-0.25, -0.2) is 0 Å². The molecule has 0 saturated carbocycles. The molecule has 2 N–H and O–H groups in total. The second-order valence-electron chi connectivity index (χ2n) is 5.47. The molecule has 0 bridgehead atoms. The molecule has 1 aromatic carbocycles. The van der Waals surface area contributed by atoms with Crippen molar-refractivity contribution in [1.29, 1.82) is 0 Å². The Labute approximate surface area is 144 Å². The first-order valence-corrected chi connectivity index (χ1v) is 7.77. The Balaban J connectivity index is 1.86. The third-order valence-electron chi connectivity index (χ3n) is 3.85. The van der Waals surface area contributed by atoms with Crippen molar-refractivity contribution in [3.63, 3.8) is 0 Å². The maximum absolute atomic E-state index is 12.4. The highest BCUT2D eigenvalue weighted by atomic mass is 16.5. The van der Waals surface area contributed by atoms with Crippen LogP contribution in [0.25, 0.3) is 11.3 Å². The molecule has 0 aliphatic carbocycles. The van der Waals surface area contributed by atoms with Crippen molar-refractivity contribution in [3.8, 4) is 23.1 Å². The van der Waals surface area contributed by atoms with Crippen LogP contribution in [0.5, 0.6) is 11.9 Å². The average molecular weight is 342 g/mol. The normalized spacial score (nSPS) is 16.2. The molecule has 1 fully saturated rings. The monoisotopic (exact) mass is 342 g/mol. The molecule has 2 heterocycles. The van der Waals surface area contributed by atoms with Crippen molar-refractivity contribution < 1.29 is 19.1 Å². The van der Waals surface area contributed by atoms with Crippen LogP contribution in [0.2, 0.25) is 0 Å². The number of methoxy groups -OCH3 is 2. The second-order valence-corrected chi connectivity index (χ2v) is 5.47. The highest BCUT2D eigenvalue weighted by Crippen LogP contribution is 2.24. The topological polar surface area (TPSA) is 102 Å². The van der Waals surface area contributed by atoms with Crippen LogP contribution in [0.15, 0.2) is 30.3 Å². The van der Waals surface area contributed by atoms with Crippen LogP contribution in [-0.4, -0.2) is 48.6 Å². The predicted molar refractivity (Wildman–Crippen MR) is 89.5 cm³/mol. The summed E-state index contributed by atoms with van der Waals surface area (Å²) in [6, 6.07) is 8.29. The van der Waals surface area contributed by atoms with Crippen molar-refractivity contribution in [2.75, 3.05) is 20.8 Å². The minimum Gasteiger partial charge on any atom is -0.481 e. The maximum Gasteiger partial charge on any atom is 0.320 e. The molecule has 2 amide bonds. The Hall–Kier alpha value is -3.16. The van der Waals surface area contributed by atoms with Crippen molar-refractivity contribution in [3.05, 3.63) is 35.9 Å². The van der Waals surface area contributed by atoms with E-state index < -0.39 is 6.04 Å². The largest absolute Gasteiger partial charge is 0.481 e. The molecular weight excluding hydrogens is 324 g/mol. The van der Waals surface area contributed by atoms with Gasteiger partial charge in [0.2, 0.25) is 11.8 Å². The van der Waals surface area contributed by atoms with E-state index in [0.29, 0.717) is 35.7 Å². The highest BCUT2D eigenvalue weighted by molar-refractivity contribution is 5.98. The summed E-state index contributed by atoms with van der Waals surface area (Å²) in [6.07, 6.45) is 0.588. The Morgan fingerprint density at radius 1 is 1.24 bits per heavy atom. The lowest BCUT2D eigenvalue weighted by Crippen LogP contribution is -2.40. The van der Waals surface area contributed by atoms with E-state index in [9.17, 15) is 9.59 Å². The van der Waals surface area contributed by atoms with Gasteiger partial charge in [0.1, 0.15) is 6.04 Å². The third-order valence-corrected chi connectivity index (χ3v) is 3.85. The van der Waals surface area contributed by atoms with Crippen LogP contribution < -0.4 is 20.1 Å². The number of nitrogens with zero attached hydrogens (tertiary/aromatic N) is 2. The average Bonchev–Trinajstić information content (AvgIpc) is 3.06. The van der Waals surface area contributed by atoms with Crippen molar-refractivity contribution in [2.45, 2.75) is 12.5 Å². The highest BCUT2D eigenvalue weighted by Gasteiger charge is 2.26. The van der Waals surface area contributed by atoms with Gasteiger partial charge in [-0.2, -0.15) is 9.97 Å². The molecule has 130 valence electrons. The Morgan fingerprint density at radius 2 is 2.08 bits per heavy atom. The van der Waals surface area contributed by atoms with Crippen molar-refractivity contribution in [1.82, 2.24) is 20.6 Å². The summed E-state index contributed by atoms with van der Waals surface area (Å²) in [4.78, 5) is 32.3. The minimum absolute atomic E-state index is 0.158. The van der Waals surface area contributed by atoms with Crippen LogP contribution in [-0.2, 0) is 4.79 Å². The fraction of sp³-hybridized carbons (Fsp3) is 0.294. The number of hydrogen-bond donors (Lipinski definition) is 2. The summed E-state index contributed by atoms with van der Waals surface area (Å²) < 4.78 is 10.2. The smallest absolute Gasteiger partial charge is 0.320 e. The van der Waals surface area contributed by atoms with Gasteiger partial charge in [-0.3, -0.25) is 9.59 Å². The van der Waals surface area contributed by atoms with Crippen LogP contribution in [0.3, 0.4) is 0 Å². The lowest BCUT2D eigenvalue weighted by atomic mass is 10.1. The first-order chi connectivity index (χ1) is 12.1. The zero-order valence-corrected chi connectivity index (χ0v) is 13.9. The molecule has 1 aliphatic heterocycles. The number of rotatable bonds is 5. The summed E-state index contributed by atoms with van der Waals surface area (Å²) in [7, 11) is 2.97. The number of amides is 2. The van der Waals surface area contributed by atoms with Gasteiger partial charge in [0, 0.05) is 23.7 Å². The van der Waals surface area contributed by atoms with Crippen molar-refractivity contribution in [2.24, 2.45) is 0 Å². The minimum atomic E-state index is -0.490. The predicted octanol–water partition coefficient (Wildman–Crippen LogP) is 0.779. The summed E-state index contributed by atoms with van der Waals surface area (Å²) in [5.74, 6) is -0.106. The summed E-state index contributed by atoms with van der Waals surface area (Å²) in [5.41, 5.74) is 1.72. The third kappa shape index (κ3) is 3.68. The lowest BCUT2D eigenvalue weighted by Gasteiger charge is -2.11. The van der Waals surface area contributed by atoms with E-state index in [1.165, 1.54) is 14.2 Å². The molecule has 0 radical (unpaired) electrons. The van der Waals surface area contributed by atoms with Gasteiger partial charge in [0.15, 0.2) is 0 Å². The van der Waals surface area contributed by atoms with E-state index >= 15 is 0 Å². The van der Waals surface area contributed by atoms with Crippen LogP contribution in [0, 0.1) is 0 Å². The molecule has 2 aromatic rings. The van der Waals surface area contributed by atoms with E-state index in [0.717, 1.165) is 0 Å². The molecule has 8 heteroatoms. The number of carbonyl (C=O) groups excluding carboxylic acids is 2. The number of aromatic nitrogens is 2. The number of carbonyl (C=O) groups is 2. The van der Waals surface area contributed by atoms with Gasteiger partial charge in [-0.1, -0.05) is 12.1 Å². The quantitative estimate of drug-likeness (QED) is 0.832. The van der Waals surface area contributed by atoms with Crippen LogP contribution in [0.1, 0.15) is 16.8 Å². The zero-order valence-electron chi connectivity index (χ0n) is 13.9. The molecule has 1 aliphatic rings. The molecule has 1 saturated heterocycles. The van der Waals surface area contributed by atoms with Crippen LogP contribution >= 0.6 is 0 Å². The maximum atomic E-state index is 12.4. The molecule has 1 atom stereocenters. The number of nitrogens with one attached hydrogen (secondary N) is 2. The summed E-state index contributed by atoms with van der Waals surface area (Å²) in [5, 5.41) is 5.43. The van der Waals surface area contributed by atoms with E-state index in [1.807, 2.05) is 6.07 Å². The van der Waals surface area contributed by atoms with E-state index in [-0.39, 0.29) is 17.8 Å². The fourth-order valence-corrected chi connectivity index (χ4v) is 2.54. The van der Waals surface area contributed by atoms with E-state index in [1.54, 1.807) is 24.3 Å². The Morgan fingerprint density at radius 3 is 2.76 bits per heavy atom. The standard InChI is InChI=1S/C17H18N4O4/c1-24-14-9-13(20-17(21-14)25-2)10-4-3-5-11(8-10)15(22)19-12-6-7-18-16(12)23/h3-5,8-9,12H,6-7H2,1-2H3,(H,18,23)(H,19,22)/t12-/m0/s1. The summed E-state index contributed by atoms with van der Waals surface area (Å²) in [6.45, 7) is 0.574. The first-order valence-electron chi connectivity index (χ1n) is 7.77. The van der Waals surface area contributed by atoms with E-state index in [2.05, 4.69) is 20.6 Å². The Kier molecular flexibility index (Phi) is 4.78. The van der Waals surface area contributed by atoms with Gasteiger partial charge in [-0.05, 0) is 18.6 Å². The lowest BCUT2D eigenvalue weighted by molar-refractivity contribution is -0.120.